The fourth-order valence-electron chi connectivity index (χ4n) is 1.88. The molecule has 0 saturated carbocycles. The van der Waals surface area contributed by atoms with Gasteiger partial charge < -0.3 is 15.0 Å². The average Bonchev–Trinajstić information content (AvgIpc) is 2.98. The highest BCUT2D eigenvalue weighted by molar-refractivity contribution is 6.35. The number of esters is 1. The number of hydrogen-bond acceptors (Lipinski definition) is 3. The Balaban J connectivity index is 1.87. The minimum Gasteiger partial charge on any atom is -0.451 e. The maximum absolute atomic E-state index is 11.8. The number of benzene rings is 1. The van der Waals surface area contributed by atoms with Crippen molar-refractivity contribution < 1.29 is 14.3 Å². The van der Waals surface area contributed by atoms with Crippen LogP contribution in [0.2, 0.25) is 10.0 Å². The van der Waals surface area contributed by atoms with Crippen LogP contribution >= 0.6 is 23.2 Å². The van der Waals surface area contributed by atoms with Crippen LogP contribution in [-0.4, -0.2) is 23.5 Å². The first-order valence-electron chi connectivity index (χ1n) is 6.52. The summed E-state index contributed by atoms with van der Waals surface area (Å²) in [5.74, 6) is -1.00. The first kappa shape index (κ1) is 16.4. The van der Waals surface area contributed by atoms with E-state index in [4.69, 9.17) is 27.9 Å². The Kier molecular flexibility index (Phi) is 5.46. The molecular formula is C15H14Cl2N2O3. The SMILES string of the molecule is C[C@H](NC(=O)COC(=O)c1ccc[nH]1)c1ccc(Cl)cc1Cl. The number of H-pyrrole nitrogens is 1. The number of rotatable bonds is 5. The number of aromatic amines is 1. The molecule has 0 aliphatic carbocycles. The lowest BCUT2D eigenvalue weighted by molar-refractivity contribution is -0.124. The molecule has 2 rings (SSSR count). The Morgan fingerprint density at radius 3 is 2.73 bits per heavy atom. The Hall–Kier alpha value is -1.98. The first-order chi connectivity index (χ1) is 10.5. The van der Waals surface area contributed by atoms with Crippen LogP contribution in [0.25, 0.3) is 0 Å². The minimum absolute atomic E-state index is 0.293. The van der Waals surface area contributed by atoms with Crippen LogP contribution in [0.15, 0.2) is 36.5 Å². The van der Waals surface area contributed by atoms with E-state index in [9.17, 15) is 9.59 Å². The monoisotopic (exact) mass is 340 g/mol. The zero-order chi connectivity index (χ0) is 16.1. The number of hydrogen-bond donors (Lipinski definition) is 2. The molecule has 22 heavy (non-hydrogen) atoms. The van der Waals surface area contributed by atoms with Gasteiger partial charge in [0.2, 0.25) is 0 Å². The predicted octanol–water partition coefficient (Wildman–Crippen LogP) is 3.36. The van der Waals surface area contributed by atoms with Crippen molar-refractivity contribution in [3.63, 3.8) is 0 Å². The van der Waals surface area contributed by atoms with Crippen molar-refractivity contribution in [3.05, 3.63) is 57.8 Å². The number of amides is 1. The van der Waals surface area contributed by atoms with Gasteiger partial charge >= 0.3 is 5.97 Å². The van der Waals surface area contributed by atoms with E-state index in [1.807, 2.05) is 0 Å². The third-order valence-corrected chi connectivity index (χ3v) is 3.52. The summed E-state index contributed by atoms with van der Waals surface area (Å²) in [6, 6.07) is 7.93. The third kappa shape index (κ3) is 4.26. The van der Waals surface area contributed by atoms with E-state index in [1.165, 1.54) is 0 Å². The first-order valence-corrected chi connectivity index (χ1v) is 7.28. The smallest absolute Gasteiger partial charge is 0.355 e. The maximum atomic E-state index is 11.8. The number of halogens is 2. The van der Waals surface area contributed by atoms with Crippen molar-refractivity contribution in [2.75, 3.05) is 6.61 Å². The highest BCUT2D eigenvalue weighted by Gasteiger charge is 2.15. The minimum atomic E-state index is -0.586. The van der Waals surface area contributed by atoms with E-state index in [0.717, 1.165) is 5.56 Å². The van der Waals surface area contributed by atoms with Gasteiger partial charge in [-0.1, -0.05) is 29.3 Å². The molecule has 1 aromatic carbocycles. The molecule has 0 aliphatic rings. The van der Waals surface area contributed by atoms with E-state index in [0.29, 0.717) is 15.7 Å². The van der Waals surface area contributed by atoms with Crippen molar-refractivity contribution in [1.29, 1.82) is 0 Å². The summed E-state index contributed by atoms with van der Waals surface area (Å²) in [5, 5.41) is 3.69. The van der Waals surface area contributed by atoms with Gasteiger partial charge in [0.15, 0.2) is 6.61 Å². The number of aromatic nitrogens is 1. The molecular weight excluding hydrogens is 327 g/mol. The second-order valence-electron chi connectivity index (χ2n) is 4.61. The van der Waals surface area contributed by atoms with Gasteiger partial charge in [-0.15, -0.1) is 0 Å². The van der Waals surface area contributed by atoms with E-state index in [1.54, 1.807) is 43.5 Å². The summed E-state index contributed by atoms with van der Waals surface area (Å²) in [7, 11) is 0. The highest BCUT2D eigenvalue weighted by atomic mass is 35.5. The van der Waals surface area contributed by atoms with Gasteiger partial charge in [0.1, 0.15) is 5.69 Å². The van der Waals surface area contributed by atoms with Crippen LogP contribution in [-0.2, 0) is 9.53 Å². The number of ether oxygens (including phenoxy) is 1. The molecule has 0 saturated heterocycles. The van der Waals surface area contributed by atoms with Crippen molar-refractivity contribution in [2.45, 2.75) is 13.0 Å². The zero-order valence-electron chi connectivity index (χ0n) is 11.7. The Labute approximate surface area is 137 Å². The van der Waals surface area contributed by atoms with Crippen LogP contribution in [0.1, 0.15) is 29.0 Å². The highest BCUT2D eigenvalue weighted by Crippen LogP contribution is 2.25. The molecule has 2 N–H and O–H groups in total. The Morgan fingerprint density at radius 1 is 1.32 bits per heavy atom. The van der Waals surface area contributed by atoms with Crippen molar-refractivity contribution in [2.24, 2.45) is 0 Å². The molecule has 2 aromatic rings. The molecule has 0 radical (unpaired) electrons. The van der Waals surface area contributed by atoms with Crippen LogP contribution in [0.5, 0.6) is 0 Å². The second kappa shape index (κ2) is 7.33. The average molecular weight is 341 g/mol. The van der Waals surface area contributed by atoms with Crippen LogP contribution in [0.4, 0.5) is 0 Å². The predicted molar refractivity (Wildman–Crippen MR) is 84.1 cm³/mol. The van der Waals surface area contributed by atoms with Gasteiger partial charge in [0.25, 0.3) is 5.91 Å². The normalized spacial score (nSPS) is 11.8. The van der Waals surface area contributed by atoms with Gasteiger partial charge in [-0.2, -0.15) is 0 Å². The standard InChI is InChI=1S/C15H14Cl2N2O3/c1-9(11-5-4-10(16)7-12(11)17)19-14(20)8-22-15(21)13-3-2-6-18-13/h2-7,9,18H,8H2,1H3,(H,19,20)/t9-/m0/s1. The Bertz CT molecular complexity index is 671. The molecule has 0 aliphatic heterocycles. The number of carbonyl (C=O) groups excluding carboxylic acids is 2. The molecule has 5 nitrogen and oxygen atoms in total. The van der Waals surface area contributed by atoms with Gasteiger partial charge in [0.05, 0.1) is 6.04 Å². The largest absolute Gasteiger partial charge is 0.451 e. The molecule has 1 aromatic heterocycles. The summed E-state index contributed by atoms with van der Waals surface area (Å²) in [5.41, 5.74) is 1.02. The summed E-state index contributed by atoms with van der Waals surface area (Å²) < 4.78 is 4.90. The van der Waals surface area contributed by atoms with Crippen molar-refractivity contribution >= 4 is 35.1 Å². The van der Waals surface area contributed by atoms with E-state index < -0.39 is 11.9 Å². The second-order valence-corrected chi connectivity index (χ2v) is 5.46. The van der Waals surface area contributed by atoms with Crippen LogP contribution in [0, 0.1) is 0 Å². The third-order valence-electron chi connectivity index (χ3n) is 2.96. The van der Waals surface area contributed by atoms with E-state index in [2.05, 4.69) is 10.3 Å². The lowest BCUT2D eigenvalue weighted by Gasteiger charge is -2.16. The molecule has 0 spiro atoms. The lowest BCUT2D eigenvalue weighted by Crippen LogP contribution is -2.31. The Morgan fingerprint density at radius 2 is 2.09 bits per heavy atom. The summed E-state index contributed by atoms with van der Waals surface area (Å²) >= 11 is 11.9. The van der Waals surface area contributed by atoms with Crippen LogP contribution < -0.4 is 5.32 Å². The van der Waals surface area contributed by atoms with E-state index in [-0.39, 0.29) is 12.6 Å². The molecule has 0 bridgehead atoms. The summed E-state index contributed by atoms with van der Waals surface area (Å²) in [4.78, 5) is 26.1. The lowest BCUT2D eigenvalue weighted by atomic mass is 10.1. The number of carbonyl (C=O) groups is 2. The van der Waals surface area contributed by atoms with Gasteiger partial charge in [-0.05, 0) is 36.8 Å². The quantitative estimate of drug-likeness (QED) is 0.820. The molecule has 1 heterocycles. The van der Waals surface area contributed by atoms with Gasteiger partial charge in [-0.25, -0.2) is 4.79 Å². The van der Waals surface area contributed by atoms with Gasteiger partial charge in [0, 0.05) is 16.2 Å². The van der Waals surface area contributed by atoms with E-state index >= 15 is 0 Å². The molecule has 7 heteroatoms. The summed E-state index contributed by atoms with van der Waals surface area (Å²) in [6.07, 6.45) is 1.60. The fraction of sp³-hybridized carbons (Fsp3) is 0.200. The molecule has 1 atom stereocenters. The molecule has 0 unspecified atom stereocenters. The van der Waals surface area contributed by atoms with Crippen molar-refractivity contribution in [1.82, 2.24) is 10.3 Å². The number of nitrogens with one attached hydrogen (secondary N) is 2. The van der Waals surface area contributed by atoms with Crippen molar-refractivity contribution in [3.8, 4) is 0 Å². The molecule has 0 fully saturated rings. The zero-order valence-corrected chi connectivity index (χ0v) is 13.2. The maximum Gasteiger partial charge on any atom is 0.355 e. The van der Waals surface area contributed by atoms with Crippen LogP contribution in [0.3, 0.4) is 0 Å². The summed E-state index contributed by atoms with van der Waals surface area (Å²) in [6.45, 7) is 1.41. The topological polar surface area (TPSA) is 71.2 Å². The molecule has 1 amide bonds. The van der Waals surface area contributed by atoms with Gasteiger partial charge in [-0.3, -0.25) is 4.79 Å². The fourth-order valence-corrected chi connectivity index (χ4v) is 2.45. The molecule has 116 valence electrons.